The number of fused-ring (bicyclic) bond motifs is 1. The average Bonchev–Trinajstić information content (AvgIpc) is 2.91. The van der Waals surface area contributed by atoms with Gasteiger partial charge in [-0.2, -0.15) is 13.5 Å². The van der Waals surface area contributed by atoms with Crippen molar-refractivity contribution in [2.45, 2.75) is 11.8 Å². The summed E-state index contributed by atoms with van der Waals surface area (Å²) in [5, 5.41) is 40.4. The van der Waals surface area contributed by atoms with Gasteiger partial charge in [0, 0.05) is 10.8 Å². The van der Waals surface area contributed by atoms with Crippen LogP contribution in [0.4, 0.5) is 28.4 Å². The second-order valence-electron chi connectivity index (χ2n) is 8.18. The molecule has 0 aromatic heterocycles. The van der Waals surface area contributed by atoms with Crippen LogP contribution in [0.5, 0.6) is 11.5 Å². The number of aromatic hydroxyl groups is 2. The van der Waals surface area contributed by atoms with Crippen LogP contribution in [0.3, 0.4) is 0 Å². The number of nitrogens with zero attached hydrogens (tertiary/aromatic N) is 4. The predicted octanol–water partition coefficient (Wildman–Crippen LogP) is 6.13. The number of sulfone groups is 1. The van der Waals surface area contributed by atoms with Crippen molar-refractivity contribution in [3.8, 4) is 11.5 Å². The van der Waals surface area contributed by atoms with E-state index in [9.17, 15) is 31.6 Å². The van der Waals surface area contributed by atoms with Crippen LogP contribution in [0.1, 0.15) is 6.92 Å². The van der Waals surface area contributed by atoms with E-state index < -0.39 is 25.8 Å². The Morgan fingerprint density at radius 1 is 0.744 bits per heavy atom. The summed E-state index contributed by atoms with van der Waals surface area (Å²) in [5.41, 5.74) is 0.951. The smallest absolute Gasteiger partial charge is 0.283 e. The van der Waals surface area contributed by atoms with E-state index in [0.29, 0.717) is 16.5 Å². The van der Waals surface area contributed by atoms with E-state index in [2.05, 4.69) is 25.8 Å². The summed E-state index contributed by atoms with van der Waals surface area (Å²) in [4.78, 5) is 0.139. The first-order chi connectivity index (χ1) is 18.5. The highest BCUT2D eigenvalue weighted by Gasteiger charge is 2.15. The molecule has 202 valence electrons. The number of phenols is 2. The number of nitrogens with one attached hydrogen (secondary N) is 1. The zero-order valence-corrected chi connectivity index (χ0v) is 22.1. The summed E-state index contributed by atoms with van der Waals surface area (Å²) >= 11 is 0. The fourth-order valence-electron chi connectivity index (χ4n) is 3.51. The normalized spacial score (nSPS) is 12.5. The monoisotopic (exact) mass is 569 g/mol. The maximum absolute atomic E-state index is 12.1. The number of anilines is 1. The molecule has 12 nitrogen and oxygen atoms in total. The van der Waals surface area contributed by atoms with Crippen LogP contribution in [-0.2, 0) is 20.0 Å². The molecule has 0 heterocycles. The number of hydrogen-bond donors (Lipinski definition) is 4. The van der Waals surface area contributed by atoms with E-state index in [-0.39, 0.29) is 44.9 Å². The van der Waals surface area contributed by atoms with E-state index in [1.807, 2.05) is 0 Å². The second-order valence-corrected chi connectivity index (χ2v) is 11.9. The van der Waals surface area contributed by atoms with Crippen LogP contribution in [-0.4, -0.2) is 43.2 Å². The fourth-order valence-corrected chi connectivity index (χ4v) is 4.74. The molecule has 0 aliphatic heterocycles. The van der Waals surface area contributed by atoms with Crippen LogP contribution in [0, 0.1) is 0 Å². The van der Waals surface area contributed by atoms with Crippen molar-refractivity contribution in [2.75, 3.05) is 16.9 Å². The maximum Gasteiger partial charge on any atom is 0.283 e. The molecule has 4 aromatic carbocycles. The Balaban J connectivity index is 1.76. The number of rotatable bonds is 9. The van der Waals surface area contributed by atoms with Gasteiger partial charge >= 0.3 is 0 Å². The molecule has 0 bridgehead atoms. The second kappa shape index (κ2) is 11.1. The molecule has 4 N–H and O–H groups in total. The zero-order chi connectivity index (χ0) is 28.2. The third-order valence-electron chi connectivity index (χ3n) is 5.56. The Morgan fingerprint density at radius 2 is 1.41 bits per heavy atom. The Kier molecular flexibility index (Phi) is 7.90. The Hall–Kier alpha value is -4.40. The molecule has 0 amide bonds. The van der Waals surface area contributed by atoms with Crippen molar-refractivity contribution < 1.29 is 31.6 Å². The lowest BCUT2D eigenvalue weighted by molar-refractivity contribution is 0.475. The minimum absolute atomic E-state index is 0.0514. The molecule has 4 aromatic rings. The van der Waals surface area contributed by atoms with E-state index in [0.717, 1.165) is 0 Å². The SMILES string of the molecule is CCS(=O)(=O)c1ccc(N=Nc2c(NCS(=O)(=O)O)ccc3c(O)c(N=Nc4ccccc4O)ccc23)cc1. The Labute approximate surface area is 224 Å². The summed E-state index contributed by atoms with van der Waals surface area (Å²) < 4.78 is 55.9. The highest BCUT2D eigenvalue weighted by Crippen LogP contribution is 2.43. The Bertz CT molecular complexity index is 1810. The van der Waals surface area contributed by atoms with Gasteiger partial charge in [-0.3, -0.25) is 4.55 Å². The largest absolute Gasteiger partial charge is 0.506 e. The van der Waals surface area contributed by atoms with E-state index in [4.69, 9.17) is 0 Å². The summed E-state index contributed by atoms with van der Waals surface area (Å²) in [6, 6.07) is 18.0. The summed E-state index contributed by atoms with van der Waals surface area (Å²) in [5.74, 6) is -1.19. The van der Waals surface area contributed by atoms with Gasteiger partial charge in [-0.1, -0.05) is 19.1 Å². The van der Waals surface area contributed by atoms with Crippen molar-refractivity contribution in [1.82, 2.24) is 0 Å². The molecule has 0 atom stereocenters. The van der Waals surface area contributed by atoms with Gasteiger partial charge in [0.25, 0.3) is 10.1 Å². The van der Waals surface area contributed by atoms with Crippen LogP contribution in [0.25, 0.3) is 10.8 Å². The van der Waals surface area contributed by atoms with Crippen molar-refractivity contribution in [3.05, 3.63) is 72.8 Å². The standard InChI is InChI=1S/C25H23N5O7S2/c1-2-38(33,34)17-9-7-16(8-10-17)27-30-24-18-11-14-22(29-28-20-5-3-4-6-23(20)31)25(32)19(18)12-13-21(24)26-15-39(35,36)37/h3-14,26,31-32H,2,15H2,1H3,(H,35,36,37). The van der Waals surface area contributed by atoms with Gasteiger partial charge in [0.05, 0.1) is 22.0 Å². The molecule has 0 saturated carbocycles. The van der Waals surface area contributed by atoms with Crippen LogP contribution < -0.4 is 5.32 Å². The molecule has 0 saturated heterocycles. The van der Waals surface area contributed by atoms with Gasteiger partial charge in [-0.05, 0) is 60.7 Å². The summed E-state index contributed by atoms with van der Waals surface area (Å²) in [6.07, 6.45) is 0. The van der Waals surface area contributed by atoms with Crippen LogP contribution in [0.15, 0.2) is 98.1 Å². The minimum atomic E-state index is -4.37. The quantitative estimate of drug-likeness (QED) is 0.137. The van der Waals surface area contributed by atoms with Crippen molar-refractivity contribution in [1.29, 1.82) is 0 Å². The molecular weight excluding hydrogens is 546 g/mol. The molecule has 14 heteroatoms. The number of azo groups is 2. The maximum atomic E-state index is 12.1. The lowest BCUT2D eigenvalue weighted by Crippen LogP contribution is -2.13. The first-order valence-corrected chi connectivity index (χ1v) is 14.7. The third-order valence-corrected chi connectivity index (χ3v) is 7.82. The van der Waals surface area contributed by atoms with Gasteiger partial charge in [0.1, 0.15) is 28.7 Å². The molecule has 0 aliphatic rings. The first-order valence-electron chi connectivity index (χ1n) is 11.4. The predicted molar refractivity (Wildman–Crippen MR) is 146 cm³/mol. The molecular formula is C25H23N5O7S2. The topological polar surface area (TPSA) is 190 Å². The van der Waals surface area contributed by atoms with Crippen molar-refractivity contribution >= 4 is 59.2 Å². The van der Waals surface area contributed by atoms with Gasteiger partial charge in [0.15, 0.2) is 15.6 Å². The molecule has 0 unspecified atom stereocenters. The number of para-hydroxylation sites is 1. The minimum Gasteiger partial charge on any atom is -0.506 e. The van der Waals surface area contributed by atoms with Gasteiger partial charge in [-0.15, -0.1) is 15.3 Å². The molecule has 39 heavy (non-hydrogen) atoms. The molecule has 0 aliphatic carbocycles. The lowest BCUT2D eigenvalue weighted by Gasteiger charge is -2.12. The highest BCUT2D eigenvalue weighted by molar-refractivity contribution is 7.91. The molecule has 0 spiro atoms. The lowest BCUT2D eigenvalue weighted by atomic mass is 10.1. The average molecular weight is 570 g/mol. The number of phenolic OH excluding ortho intramolecular Hbond substituents is 2. The molecule has 0 radical (unpaired) electrons. The number of benzene rings is 4. The molecule has 4 rings (SSSR count). The molecule has 0 fully saturated rings. The van der Waals surface area contributed by atoms with E-state index >= 15 is 0 Å². The van der Waals surface area contributed by atoms with Crippen LogP contribution in [0.2, 0.25) is 0 Å². The summed E-state index contributed by atoms with van der Waals surface area (Å²) in [7, 11) is -7.76. The van der Waals surface area contributed by atoms with E-state index in [1.54, 1.807) is 31.2 Å². The van der Waals surface area contributed by atoms with Crippen molar-refractivity contribution in [3.63, 3.8) is 0 Å². The van der Waals surface area contributed by atoms with Crippen LogP contribution >= 0.6 is 0 Å². The zero-order valence-electron chi connectivity index (χ0n) is 20.4. The van der Waals surface area contributed by atoms with Gasteiger partial charge in [0.2, 0.25) is 0 Å². The Morgan fingerprint density at radius 3 is 2.08 bits per heavy atom. The third kappa shape index (κ3) is 6.54. The van der Waals surface area contributed by atoms with Crippen molar-refractivity contribution in [2.24, 2.45) is 20.5 Å². The highest BCUT2D eigenvalue weighted by atomic mass is 32.2. The van der Waals surface area contributed by atoms with Gasteiger partial charge in [-0.25, -0.2) is 8.42 Å². The van der Waals surface area contributed by atoms with Gasteiger partial charge < -0.3 is 15.5 Å². The fraction of sp³-hybridized carbons (Fsp3) is 0.120. The number of hydrogen-bond acceptors (Lipinski definition) is 11. The first kappa shape index (κ1) is 27.6. The summed E-state index contributed by atoms with van der Waals surface area (Å²) in [6.45, 7) is 1.54. The van der Waals surface area contributed by atoms with E-state index in [1.165, 1.54) is 48.5 Å².